The predicted molar refractivity (Wildman–Crippen MR) is 229 cm³/mol. The molecule has 11 aromatic rings. The van der Waals surface area contributed by atoms with E-state index in [4.69, 9.17) is 8.83 Å². The molecule has 0 amide bonds. The summed E-state index contributed by atoms with van der Waals surface area (Å²) in [5, 5.41) is 6.79. The number of hydrogen-bond donors (Lipinski definition) is 0. The van der Waals surface area contributed by atoms with Crippen LogP contribution in [-0.2, 0) is 0 Å². The van der Waals surface area contributed by atoms with Gasteiger partial charge < -0.3 is 13.7 Å². The maximum atomic E-state index is 7.05. The number of nitrogens with zero attached hydrogens (tertiary/aromatic N) is 1. The average molecular weight is 704 g/mol. The zero-order chi connectivity index (χ0) is 36.3. The van der Waals surface area contributed by atoms with E-state index < -0.39 is 0 Å². The van der Waals surface area contributed by atoms with E-state index in [1.807, 2.05) is 12.1 Å². The maximum Gasteiger partial charge on any atom is 0.159 e. The summed E-state index contributed by atoms with van der Waals surface area (Å²) < 4.78 is 13.5. The Morgan fingerprint density at radius 3 is 1.80 bits per heavy atom. The van der Waals surface area contributed by atoms with Crippen LogP contribution < -0.4 is 4.90 Å². The van der Waals surface area contributed by atoms with Gasteiger partial charge in [-0.15, -0.1) is 0 Å². The highest BCUT2D eigenvalue weighted by Gasteiger charge is 2.22. The molecular formula is C52H33NO2. The van der Waals surface area contributed by atoms with E-state index in [-0.39, 0.29) is 0 Å². The van der Waals surface area contributed by atoms with E-state index in [9.17, 15) is 0 Å². The number of hydrogen-bond acceptors (Lipinski definition) is 3. The van der Waals surface area contributed by atoms with Gasteiger partial charge in [0.1, 0.15) is 16.7 Å². The molecule has 3 nitrogen and oxygen atoms in total. The Balaban J connectivity index is 1.11. The van der Waals surface area contributed by atoms with E-state index >= 15 is 0 Å². The van der Waals surface area contributed by atoms with Crippen LogP contribution in [0, 0.1) is 0 Å². The van der Waals surface area contributed by atoms with Gasteiger partial charge in [0.2, 0.25) is 0 Å². The second-order valence-corrected chi connectivity index (χ2v) is 14.1. The molecule has 0 saturated heterocycles. The zero-order valence-corrected chi connectivity index (χ0v) is 29.8. The molecule has 0 bridgehead atoms. The monoisotopic (exact) mass is 703 g/mol. The Morgan fingerprint density at radius 1 is 0.309 bits per heavy atom. The van der Waals surface area contributed by atoms with Crippen LogP contribution in [0.3, 0.4) is 0 Å². The number of anilines is 3. The molecule has 0 fully saturated rings. The van der Waals surface area contributed by atoms with Crippen molar-refractivity contribution in [3.8, 4) is 33.4 Å². The van der Waals surface area contributed by atoms with Crippen molar-refractivity contribution in [2.75, 3.05) is 4.90 Å². The molecule has 2 aromatic heterocycles. The second kappa shape index (κ2) is 12.6. The Kier molecular flexibility index (Phi) is 7.17. The minimum atomic E-state index is 0.825. The Labute approximate surface area is 317 Å². The van der Waals surface area contributed by atoms with Crippen LogP contribution in [0.5, 0.6) is 0 Å². The van der Waals surface area contributed by atoms with Gasteiger partial charge in [0.25, 0.3) is 0 Å². The van der Waals surface area contributed by atoms with Crippen LogP contribution in [0.25, 0.3) is 88.0 Å². The van der Waals surface area contributed by atoms with Crippen LogP contribution in [0.2, 0.25) is 0 Å². The first-order valence-electron chi connectivity index (χ1n) is 18.7. The molecule has 2 heterocycles. The van der Waals surface area contributed by atoms with Crippen molar-refractivity contribution in [3.05, 3.63) is 200 Å². The van der Waals surface area contributed by atoms with Gasteiger partial charge in [0.05, 0.1) is 11.4 Å². The van der Waals surface area contributed by atoms with Crippen LogP contribution in [0.4, 0.5) is 17.1 Å². The van der Waals surface area contributed by atoms with Gasteiger partial charge in [0.15, 0.2) is 5.58 Å². The van der Waals surface area contributed by atoms with Gasteiger partial charge >= 0.3 is 0 Å². The first kappa shape index (κ1) is 31.2. The fourth-order valence-corrected chi connectivity index (χ4v) is 8.25. The highest BCUT2D eigenvalue weighted by Crippen LogP contribution is 2.46. The van der Waals surface area contributed by atoms with Crippen LogP contribution in [-0.4, -0.2) is 0 Å². The summed E-state index contributed by atoms with van der Waals surface area (Å²) in [6, 6.07) is 70.8. The molecule has 258 valence electrons. The van der Waals surface area contributed by atoms with Gasteiger partial charge in [-0.1, -0.05) is 158 Å². The third-order valence-corrected chi connectivity index (χ3v) is 10.9. The molecular weight excluding hydrogens is 671 g/mol. The molecule has 9 aromatic carbocycles. The third-order valence-electron chi connectivity index (χ3n) is 10.9. The Bertz CT molecular complexity index is 3200. The summed E-state index contributed by atoms with van der Waals surface area (Å²) in [4.78, 5) is 2.31. The van der Waals surface area contributed by atoms with Crippen molar-refractivity contribution in [2.24, 2.45) is 0 Å². The summed E-state index contributed by atoms with van der Waals surface area (Å²) in [6.45, 7) is 0. The smallest absolute Gasteiger partial charge is 0.159 e. The minimum absolute atomic E-state index is 0.825. The van der Waals surface area contributed by atoms with E-state index in [1.54, 1.807) is 0 Å². The summed E-state index contributed by atoms with van der Waals surface area (Å²) >= 11 is 0. The highest BCUT2D eigenvalue weighted by molar-refractivity contribution is 6.14. The highest BCUT2D eigenvalue weighted by atomic mass is 16.3. The molecule has 0 radical (unpaired) electrons. The van der Waals surface area contributed by atoms with E-state index in [0.717, 1.165) is 77.6 Å². The van der Waals surface area contributed by atoms with Crippen LogP contribution in [0.1, 0.15) is 0 Å². The standard InChI is InChI=1S/C52H33NO2/c1-2-12-34(13-3-1)35-26-28-37(29-27-35)43-21-10-22-46-47-23-11-24-48(52(47)55-51(43)46)53(40-30-31-45-44-19-6-7-25-49(44)54-50(45)33-40)39-17-8-16-38(32-39)42-20-9-15-36-14-4-5-18-41(36)42/h1-33H. The summed E-state index contributed by atoms with van der Waals surface area (Å²) in [7, 11) is 0. The number of fused-ring (bicyclic) bond motifs is 7. The number of para-hydroxylation sites is 3. The summed E-state index contributed by atoms with van der Waals surface area (Å²) in [5.41, 5.74) is 13.3. The molecule has 0 aliphatic carbocycles. The number of rotatable bonds is 6. The van der Waals surface area contributed by atoms with Crippen LogP contribution >= 0.6 is 0 Å². The van der Waals surface area contributed by atoms with E-state index in [1.165, 1.54) is 27.5 Å². The van der Waals surface area contributed by atoms with Crippen LogP contribution in [0.15, 0.2) is 209 Å². The molecule has 0 unspecified atom stereocenters. The van der Waals surface area contributed by atoms with Gasteiger partial charge in [-0.2, -0.15) is 0 Å². The molecule has 3 heteroatoms. The normalized spacial score (nSPS) is 11.6. The molecule has 0 saturated carbocycles. The van der Waals surface area contributed by atoms with Crippen molar-refractivity contribution in [3.63, 3.8) is 0 Å². The van der Waals surface area contributed by atoms with Crippen molar-refractivity contribution in [1.29, 1.82) is 0 Å². The lowest BCUT2D eigenvalue weighted by atomic mass is 9.97. The van der Waals surface area contributed by atoms with Crippen molar-refractivity contribution < 1.29 is 8.83 Å². The SMILES string of the molecule is c1ccc(-c2ccc(-c3cccc4c3oc3c(N(c5cccc(-c6cccc7ccccc67)c5)c5ccc6c(c5)oc5ccccc56)cccc34)cc2)cc1. The molecule has 0 spiro atoms. The predicted octanol–water partition coefficient (Wildman–Crippen LogP) is 15.1. The summed E-state index contributed by atoms with van der Waals surface area (Å²) in [5.74, 6) is 0. The molecule has 11 rings (SSSR count). The lowest BCUT2D eigenvalue weighted by Crippen LogP contribution is -2.10. The average Bonchev–Trinajstić information content (AvgIpc) is 3.83. The lowest BCUT2D eigenvalue weighted by Gasteiger charge is -2.26. The first-order chi connectivity index (χ1) is 27.3. The maximum absolute atomic E-state index is 7.05. The molecule has 0 aliphatic heterocycles. The van der Waals surface area contributed by atoms with E-state index in [0.29, 0.717) is 0 Å². The largest absolute Gasteiger partial charge is 0.456 e. The fraction of sp³-hybridized carbons (Fsp3) is 0. The van der Waals surface area contributed by atoms with E-state index in [2.05, 4.69) is 193 Å². The van der Waals surface area contributed by atoms with Gasteiger partial charge in [-0.25, -0.2) is 0 Å². The molecule has 0 aliphatic rings. The first-order valence-corrected chi connectivity index (χ1v) is 18.7. The second-order valence-electron chi connectivity index (χ2n) is 14.1. The van der Waals surface area contributed by atoms with Crippen molar-refractivity contribution >= 4 is 71.7 Å². The Morgan fingerprint density at radius 2 is 0.909 bits per heavy atom. The molecule has 0 N–H and O–H groups in total. The number of benzene rings is 9. The minimum Gasteiger partial charge on any atom is -0.456 e. The zero-order valence-electron chi connectivity index (χ0n) is 29.8. The third kappa shape index (κ3) is 5.20. The lowest BCUT2D eigenvalue weighted by molar-refractivity contribution is 0.668. The van der Waals surface area contributed by atoms with Crippen molar-refractivity contribution in [2.45, 2.75) is 0 Å². The summed E-state index contributed by atoms with van der Waals surface area (Å²) in [6.07, 6.45) is 0. The molecule has 0 atom stereocenters. The molecule has 55 heavy (non-hydrogen) atoms. The van der Waals surface area contributed by atoms with Gasteiger partial charge in [-0.3, -0.25) is 0 Å². The Hall–Kier alpha value is -7.36. The quantitative estimate of drug-likeness (QED) is 0.173. The number of furan rings is 2. The van der Waals surface area contributed by atoms with Gasteiger partial charge in [0, 0.05) is 38.9 Å². The topological polar surface area (TPSA) is 29.5 Å². The van der Waals surface area contributed by atoms with Gasteiger partial charge in [-0.05, 0) is 75.0 Å². The van der Waals surface area contributed by atoms with Crippen molar-refractivity contribution in [1.82, 2.24) is 0 Å². The fourth-order valence-electron chi connectivity index (χ4n) is 8.25.